The number of nitrogens with two attached hydrogens (primary N) is 1. The van der Waals surface area contributed by atoms with Crippen LogP contribution in [0.2, 0.25) is 0 Å². The summed E-state index contributed by atoms with van der Waals surface area (Å²) in [5.74, 6) is 2.26. The van der Waals surface area contributed by atoms with Crippen molar-refractivity contribution in [3.05, 3.63) is 0 Å². The van der Waals surface area contributed by atoms with Crippen molar-refractivity contribution in [2.45, 2.75) is 45.6 Å². The highest BCUT2D eigenvalue weighted by Gasteiger charge is 2.01. The van der Waals surface area contributed by atoms with Crippen molar-refractivity contribution < 1.29 is 4.79 Å². The summed E-state index contributed by atoms with van der Waals surface area (Å²) in [4.78, 5) is 11.3. The van der Waals surface area contributed by atoms with Gasteiger partial charge in [-0.25, -0.2) is 0 Å². The van der Waals surface area contributed by atoms with Gasteiger partial charge in [0.1, 0.15) is 0 Å². The maximum absolute atomic E-state index is 11.3. The second-order valence-electron chi connectivity index (χ2n) is 3.83. The molecule has 0 aromatic carbocycles. The van der Waals surface area contributed by atoms with Crippen LogP contribution in [0, 0.1) is 0 Å². The Kier molecular flexibility index (Phi) is 15.1. The predicted molar refractivity (Wildman–Crippen MR) is 75.4 cm³/mol. The van der Waals surface area contributed by atoms with Crippen LogP contribution in [0.15, 0.2) is 0 Å². The van der Waals surface area contributed by atoms with E-state index in [2.05, 4.69) is 12.2 Å². The molecule has 0 saturated carbocycles. The first kappa shape index (κ1) is 18.4. The molecule has 0 saturated heterocycles. The van der Waals surface area contributed by atoms with Gasteiger partial charge < -0.3 is 11.1 Å². The second-order valence-corrected chi connectivity index (χ2v) is 5.06. The number of thioether (sulfide) groups is 1. The van der Waals surface area contributed by atoms with Crippen LogP contribution in [0.1, 0.15) is 39.5 Å². The van der Waals surface area contributed by atoms with E-state index in [0.717, 1.165) is 12.2 Å². The van der Waals surface area contributed by atoms with E-state index in [1.165, 1.54) is 18.6 Å². The summed E-state index contributed by atoms with van der Waals surface area (Å²) >= 11 is 1.86. The third-order valence-corrected chi connectivity index (χ3v) is 3.11. The molecule has 0 aliphatic rings. The summed E-state index contributed by atoms with van der Waals surface area (Å²) in [6.07, 6.45) is 3.96. The fraction of sp³-hybridized carbons (Fsp3) is 0.909. The molecule has 5 heteroatoms. The monoisotopic (exact) mass is 268 g/mol. The van der Waals surface area contributed by atoms with Crippen molar-refractivity contribution in [2.24, 2.45) is 5.73 Å². The lowest BCUT2D eigenvalue weighted by atomic mass is 10.2. The average Bonchev–Trinajstić information content (AvgIpc) is 2.17. The average molecular weight is 269 g/mol. The van der Waals surface area contributed by atoms with Gasteiger partial charge in [0.2, 0.25) is 5.91 Å². The summed E-state index contributed by atoms with van der Waals surface area (Å²) in [6, 6.07) is 0.171. The number of halogens is 1. The van der Waals surface area contributed by atoms with Crippen molar-refractivity contribution in [1.29, 1.82) is 0 Å². The van der Waals surface area contributed by atoms with Crippen LogP contribution in [0.25, 0.3) is 0 Å². The van der Waals surface area contributed by atoms with Crippen LogP contribution in [-0.4, -0.2) is 30.0 Å². The Labute approximate surface area is 110 Å². The molecule has 3 nitrogen and oxygen atoms in total. The molecule has 16 heavy (non-hydrogen) atoms. The summed E-state index contributed by atoms with van der Waals surface area (Å²) in [6.45, 7) is 4.84. The normalized spacial score (nSPS) is 11.7. The van der Waals surface area contributed by atoms with E-state index in [1.807, 2.05) is 18.7 Å². The molecule has 0 aromatic rings. The quantitative estimate of drug-likeness (QED) is 0.631. The Morgan fingerprint density at radius 1 is 1.44 bits per heavy atom. The smallest absolute Gasteiger partial charge is 0.220 e. The number of carbonyl (C=O) groups is 1. The van der Waals surface area contributed by atoms with E-state index in [0.29, 0.717) is 13.0 Å². The summed E-state index contributed by atoms with van der Waals surface area (Å²) < 4.78 is 0. The Morgan fingerprint density at radius 3 is 2.69 bits per heavy atom. The molecule has 0 aromatic heterocycles. The highest BCUT2D eigenvalue weighted by molar-refractivity contribution is 7.99. The Bertz CT molecular complexity index is 168. The molecule has 0 rings (SSSR count). The van der Waals surface area contributed by atoms with Gasteiger partial charge in [-0.2, -0.15) is 11.8 Å². The highest BCUT2D eigenvalue weighted by atomic mass is 35.5. The third kappa shape index (κ3) is 14.1. The molecule has 0 bridgehead atoms. The molecule has 0 aliphatic carbocycles. The summed E-state index contributed by atoms with van der Waals surface area (Å²) in [7, 11) is 0. The van der Waals surface area contributed by atoms with Crippen molar-refractivity contribution in [1.82, 2.24) is 5.32 Å². The lowest BCUT2D eigenvalue weighted by Gasteiger charge is -2.06. The largest absolute Gasteiger partial charge is 0.356 e. The maximum atomic E-state index is 11.3. The molecule has 0 fully saturated rings. The van der Waals surface area contributed by atoms with Gasteiger partial charge in [0.25, 0.3) is 0 Å². The maximum Gasteiger partial charge on any atom is 0.220 e. The van der Waals surface area contributed by atoms with E-state index >= 15 is 0 Å². The number of amides is 1. The van der Waals surface area contributed by atoms with Crippen molar-refractivity contribution >= 4 is 30.1 Å². The predicted octanol–water partition coefficient (Wildman–Crippen LogP) is 2.19. The van der Waals surface area contributed by atoms with Gasteiger partial charge in [0.05, 0.1) is 0 Å². The van der Waals surface area contributed by atoms with Crippen LogP contribution >= 0.6 is 24.2 Å². The lowest BCUT2D eigenvalue weighted by Crippen LogP contribution is -2.29. The lowest BCUT2D eigenvalue weighted by molar-refractivity contribution is -0.120. The molecule has 0 radical (unpaired) electrons. The molecule has 98 valence electrons. The zero-order valence-corrected chi connectivity index (χ0v) is 12.0. The van der Waals surface area contributed by atoms with E-state index in [9.17, 15) is 4.79 Å². The highest BCUT2D eigenvalue weighted by Crippen LogP contribution is 2.05. The molecule has 0 spiro atoms. The molecule has 0 heterocycles. The zero-order chi connectivity index (χ0) is 11.5. The first-order valence-corrected chi connectivity index (χ1v) is 6.92. The number of nitrogens with one attached hydrogen (secondary N) is 1. The summed E-state index contributed by atoms with van der Waals surface area (Å²) in [5.41, 5.74) is 5.58. The van der Waals surface area contributed by atoms with Crippen molar-refractivity contribution in [2.75, 3.05) is 18.1 Å². The van der Waals surface area contributed by atoms with Crippen LogP contribution in [0.4, 0.5) is 0 Å². The fourth-order valence-electron chi connectivity index (χ4n) is 1.04. The van der Waals surface area contributed by atoms with Crippen molar-refractivity contribution in [3.63, 3.8) is 0 Å². The molecule has 3 N–H and O–H groups in total. The van der Waals surface area contributed by atoms with Crippen LogP contribution in [0.5, 0.6) is 0 Å². The topological polar surface area (TPSA) is 55.1 Å². The molecule has 1 amide bonds. The SMILES string of the molecule is CCCCSCCC(=O)NCCC(C)N.Cl. The first-order chi connectivity index (χ1) is 7.16. The van der Waals surface area contributed by atoms with E-state index in [4.69, 9.17) is 5.73 Å². The van der Waals surface area contributed by atoms with E-state index in [1.54, 1.807) is 0 Å². The van der Waals surface area contributed by atoms with Gasteiger partial charge in [-0.3, -0.25) is 4.79 Å². The van der Waals surface area contributed by atoms with Gasteiger partial charge in [-0.15, -0.1) is 12.4 Å². The third-order valence-electron chi connectivity index (χ3n) is 2.04. The molecular weight excluding hydrogens is 244 g/mol. The Hall–Kier alpha value is 0.0700. The Morgan fingerprint density at radius 2 is 2.12 bits per heavy atom. The van der Waals surface area contributed by atoms with Gasteiger partial charge in [0.15, 0.2) is 0 Å². The minimum atomic E-state index is 0. The van der Waals surface area contributed by atoms with Crippen molar-refractivity contribution in [3.8, 4) is 0 Å². The van der Waals surface area contributed by atoms with Gasteiger partial charge >= 0.3 is 0 Å². The van der Waals surface area contributed by atoms with Crippen LogP contribution in [0.3, 0.4) is 0 Å². The van der Waals surface area contributed by atoms with E-state index < -0.39 is 0 Å². The number of unbranched alkanes of at least 4 members (excludes halogenated alkanes) is 1. The van der Waals surface area contributed by atoms with E-state index in [-0.39, 0.29) is 24.4 Å². The molecular formula is C11H25ClN2OS. The fourth-order valence-corrected chi connectivity index (χ4v) is 2.07. The summed E-state index contributed by atoms with van der Waals surface area (Å²) in [5, 5.41) is 2.87. The minimum Gasteiger partial charge on any atom is -0.356 e. The van der Waals surface area contributed by atoms with Crippen LogP contribution < -0.4 is 11.1 Å². The molecule has 1 unspecified atom stereocenters. The standard InChI is InChI=1S/C11H24N2OS.ClH/c1-3-4-8-15-9-6-11(14)13-7-5-10(2)12;/h10H,3-9,12H2,1-2H3,(H,13,14);1H. The van der Waals surface area contributed by atoms with Gasteiger partial charge in [-0.1, -0.05) is 13.3 Å². The second kappa shape index (κ2) is 13.1. The number of carbonyl (C=O) groups excluding carboxylic acids is 1. The van der Waals surface area contributed by atoms with Gasteiger partial charge in [0, 0.05) is 24.8 Å². The molecule has 1 atom stereocenters. The molecule has 0 aliphatic heterocycles. The van der Waals surface area contributed by atoms with Gasteiger partial charge in [-0.05, 0) is 25.5 Å². The number of hydrogen-bond donors (Lipinski definition) is 2. The number of hydrogen-bond acceptors (Lipinski definition) is 3. The minimum absolute atomic E-state index is 0. The first-order valence-electron chi connectivity index (χ1n) is 5.76. The van der Waals surface area contributed by atoms with Crippen LogP contribution in [-0.2, 0) is 4.79 Å². The Balaban J connectivity index is 0. The number of rotatable bonds is 9. The zero-order valence-electron chi connectivity index (χ0n) is 10.3.